The van der Waals surface area contributed by atoms with Crippen LogP contribution in [0.3, 0.4) is 0 Å². The third-order valence-electron chi connectivity index (χ3n) is 6.13. The van der Waals surface area contributed by atoms with Gasteiger partial charge < -0.3 is 24.4 Å². The average Bonchev–Trinajstić information content (AvgIpc) is 3.54. The number of rotatable bonds is 15. The Bertz CT molecular complexity index is 1570. The normalized spacial score (nSPS) is 11.8. The fourth-order valence-electron chi connectivity index (χ4n) is 3.95. The van der Waals surface area contributed by atoms with E-state index in [-0.39, 0.29) is 30.8 Å². The molecule has 0 aliphatic carbocycles. The SMILES string of the molecule is COc1cc2cc(C(=O)C[C@H](C)C(=O)O)sc2cc1OCCCOc1ccc2sc(C(=O)CCC(=O)O)cc2c1. The molecule has 210 valence electrons. The number of carboxylic acids is 2. The number of ether oxygens (including phenoxy) is 3. The van der Waals surface area contributed by atoms with Gasteiger partial charge in [-0.2, -0.15) is 0 Å². The predicted octanol–water partition coefficient (Wildman–Crippen LogP) is 6.31. The maximum absolute atomic E-state index is 12.5. The van der Waals surface area contributed by atoms with Gasteiger partial charge in [0.25, 0.3) is 0 Å². The summed E-state index contributed by atoms with van der Waals surface area (Å²) < 4.78 is 19.0. The van der Waals surface area contributed by atoms with Crippen LogP contribution in [0.1, 0.15) is 52.0 Å². The Balaban J connectivity index is 1.32. The highest BCUT2D eigenvalue weighted by atomic mass is 32.1. The summed E-state index contributed by atoms with van der Waals surface area (Å²) in [6, 6.07) is 12.7. The van der Waals surface area contributed by atoms with E-state index in [0.717, 1.165) is 20.2 Å². The van der Waals surface area contributed by atoms with Crippen molar-refractivity contribution >= 4 is 66.4 Å². The first-order chi connectivity index (χ1) is 19.1. The van der Waals surface area contributed by atoms with Crippen LogP contribution in [0.5, 0.6) is 17.2 Å². The van der Waals surface area contributed by atoms with Crippen molar-refractivity contribution in [2.75, 3.05) is 20.3 Å². The van der Waals surface area contributed by atoms with Gasteiger partial charge in [-0.3, -0.25) is 19.2 Å². The van der Waals surface area contributed by atoms with Crippen LogP contribution in [0.25, 0.3) is 20.2 Å². The molecule has 11 heteroatoms. The van der Waals surface area contributed by atoms with Crippen molar-refractivity contribution in [3.63, 3.8) is 0 Å². The molecule has 2 heterocycles. The highest BCUT2D eigenvalue weighted by Crippen LogP contribution is 2.37. The zero-order valence-corrected chi connectivity index (χ0v) is 23.6. The van der Waals surface area contributed by atoms with Gasteiger partial charge >= 0.3 is 11.9 Å². The maximum Gasteiger partial charge on any atom is 0.306 e. The Morgan fingerprint density at radius 3 is 2.17 bits per heavy atom. The minimum Gasteiger partial charge on any atom is -0.493 e. The molecule has 4 aromatic rings. The molecule has 0 fully saturated rings. The van der Waals surface area contributed by atoms with E-state index in [1.807, 2.05) is 24.3 Å². The molecule has 0 unspecified atom stereocenters. The van der Waals surface area contributed by atoms with Crippen LogP contribution in [0.4, 0.5) is 0 Å². The molecule has 2 aromatic carbocycles. The van der Waals surface area contributed by atoms with Crippen LogP contribution >= 0.6 is 22.7 Å². The van der Waals surface area contributed by atoms with E-state index in [4.69, 9.17) is 24.4 Å². The second-order valence-corrected chi connectivity index (χ2v) is 11.4. The van der Waals surface area contributed by atoms with E-state index in [0.29, 0.717) is 46.6 Å². The second kappa shape index (κ2) is 12.9. The van der Waals surface area contributed by atoms with Gasteiger partial charge in [-0.25, -0.2) is 0 Å². The van der Waals surface area contributed by atoms with E-state index in [9.17, 15) is 19.2 Å². The molecular weight excluding hydrogens is 556 g/mol. The zero-order chi connectivity index (χ0) is 28.8. The minimum atomic E-state index is -1.00. The summed E-state index contributed by atoms with van der Waals surface area (Å²) in [5.41, 5.74) is 0. The van der Waals surface area contributed by atoms with Crippen molar-refractivity contribution in [2.24, 2.45) is 5.92 Å². The van der Waals surface area contributed by atoms with Crippen LogP contribution in [0.15, 0.2) is 42.5 Å². The summed E-state index contributed by atoms with van der Waals surface area (Å²) >= 11 is 2.63. The first kappa shape index (κ1) is 29.0. The Kier molecular flexibility index (Phi) is 9.38. The lowest BCUT2D eigenvalue weighted by Gasteiger charge is -2.11. The standard InChI is InChI=1S/C29H28O9S2/c1-16(29(34)35)10-21(31)27-14-18-12-22(36-2)23(15-25(18)40-27)38-9-3-8-37-19-4-6-24-17(11-19)13-26(39-24)20(30)5-7-28(32)33/h4,6,11-16H,3,5,7-10H2,1-2H3,(H,32,33)(H,34,35)/t16-/m0/s1. The molecule has 1 atom stereocenters. The number of aliphatic carboxylic acids is 2. The monoisotopic (exact) mass is 584 g/mol. The predicted molar refractivity (Wildman–Crippen MR) is 153 cm³/mol. The third kappa shape index (κ3) is 7.16. The Morgan fingerprint density at radius 2 is 1.48 bits per heavy atom. The van der Waals surface area contributed by atoms with E-state index >= 15 is 0 Å². The molecule has 0 aliphatic heterocycles. The molecule has 0 bridgehead atoms. The number of hydrogen-bond donors (Lipinski definition) is 2. The molecule has 0 radical (unpaired) electrons. The maximum atomic E-state index is 12.5. The van der Waals surface area contributed by atoms with E-state index < -0.39 is 17.9 Å². The van der Waals surface area contributed by atoms with Crippen LogP contribution in [0, 0.1) is 5.92 Å². The van der Waals surface area contributed by atoms with Crippen molar-refractivity contribution in [1.29, 1.82) is 0 Å². The topological polar surface area (TPSA) is 136 Å². The number of carbonyl (C=O) groups excluding carboxylic acids is 2. The van der Waals surface area contributed by atoms with Crippen LogP contribution in [-0.4, -0.2) is 54.0 Å². The summed E-state index contributed by atoms with van der Waals surface area (Å²) in [6.07, 6.45) is 0.309. The van der Waals surface area contributed by atoms with Gasteiger partial charge in [0.1, 0.15) is 5.75 Å². The van der Waals surface area contributed by atoms with E-state index in [2.05, 4.69) is 0 Å². The average molecular weight is 585 g/mol. The molecule has 40 heavy (non-hydrogen) atoms. The fourth-order valence-corrected chi connectivity index (χ4v) is 5.98. The summed E-state index contributed by atoms with van der Waals surface area (Å²) in [4.78, 5) is 47.6. The largest absolute Gasteiger partial charge is 0.493 e. The molecule has 4 rings (SSSR count). The van der Waals surface area contributed by atoms with Gasteiger partial charge in [0.2, 0.25) is 0 Å². The molecule has 9 nitrogen and oxygen atoms in total. The highest BCUT2D eigenvalue weighted by molar-refractivity contribution is 7.21. The van der Waals surface area contributed by atoms with Gasteiger partial charge in [0.15, 0.2) is 23.1 Å². The molecule has 0 saturated carbocycles. The summed E-state index contributed by atoms with van der Waals surface area (Å²) in [5.74, 6) is -1.43. The van der Waals surface area contributed by atoms with Crippen LogP contribution < -0.4 is 14.2 Å². The van der Waals surface area contributed by atoms with Crippen LogP contribution in [0.2, 0.25) is 0 Å². The molecule has 0 aliphatic rings. The zero-order valence-electron chi connectivity index (χ0n) is 21.9. The number of benzene rings is 2. The lowest BCUT2D eigenvalue weighted by atomic mass is 10.0. The van der Waals surface area contributed by atoms with Crippen molar-refractivity contribution < 1.29 is 43.6 Å². The molecule has 2 aromatic heterocycles. The molecule has 0 amide bonds. The van der Waals surface area contributed by atoms with Crippen molar-refractivity contribution in [1.82, 2.24) is 0 Å². The minimum absolute atomic E-state index is 0.0267. The molecule has 0 spiro atoms. The van der Waals surface area contributed by atoms with Gasteiger partial charge in [0.05, 0.1) is 42.4 Å². The number of Topliss-reactive ketones (excluding diaryl/α,β-unsaturated/α-hetero) is 2. The number of hydrogen-bond acceptors (Lipinski definition) is 9. The lowest BCUT2D eigenvalue weighted by Crippen LogP contribution is -2.13. The highest BCUT2D eigenvalue weighted by Gasteiger charge is 2.20. The number of fused-ring (bicyclic) bond motifs is 2. The van der Waals surface area contributed by atoms with Gasteiger partial charge in [-0.1, -0.05) is 6.92 Å². The number of carbonyl (C=O) groups is 4. The fraction of sp³-hybridized carbons (Fsp3) is 0.310. The Hall–Kier alpha value is -3.96. The number of thiophene rings is 2. The van der Waals surface area contributed by atoms with Crippen molar-refractivity contribution in [3.8, 4) is 17.2 Å². The summed E-state index contributed by atoms with van der Waals surface area (Å²) in [6.45, 7) is 2.26. The number of carboxylic acid groups (broad SMARTS) is 2. The van der Waals surface area contributed by atoms with Crippen molar-refractivity contribution in [2.45, 2.75) is 32.6 Å². The second-order valence-electron chi connectivity index (χ2n) is 9.20. The summed E-state index contributed by atoms with van der Waals surface area (Å²) in [7, 11) is 1.54. The van der Waals surface area contributed by atoms with E-state index in [1.54, 1.807) is 18.2 Å². The first-order valence-corrected chi connectivity index (χ1v) is 14.2. The quantitative estimate of drug-likeness (QED) is 0.122. The van der Waals surface area contributed by atoms with Gasteiger partial charge in [-0.15, -0.1) is 22.7 Å². The molecule has 0 saturated heterocycles. The van der Waals surface area contributed by atoms with Gasteiger partial charge in [-0.05, 0) is 47.2 Å². The third-order valence-corrected chi connectivity index (χ3v) is 8.43. The number of methoxy groups -OCH3 is 1. The molecule has 2 N–H and O–H groups in total. The Morgan fingerprint density at radius 1 is 0.800 bits per heavy atom. The van der Waals surface area contributed by atoms with Crippen molar-refractivity contribution in [3.05, 3.63) is 52.2 Å². The number of ketones is 2. The molecular formula is C29H28O9S2. The smallest absolute Gasteiger partial charge is 0.306 e. The van der Waals surface area contributed by atoms with E-state index in [1.165, 1.54) is 36.7 Å². The summed E-state index contributed by atoms with van der Waals surface area (Å²) in [5, 5.41) is 19.6. The first-order valence-electron chi connectivity index (χ1n) is 12.6. The van der Waals surface area contributed by atoms with Gasteiger partial charge in [0, 0.05) is 34.7 Å². The lowest BCUT2D eigenvalue weighted by molar-refractivity contribution is -0.141. The Labute approximate surface area is 237 Å². The van der Waals surface area contributed by atoms with Crippen LogP contribution in [-0.2, 0) is 9.59 Å².